The number of rotatable bonds is 5. The van der Waals surface area contributed by atoms with Crippen LogP contribution in [0.4, 0.5) is 14.9 Å². The summed E-state index contributed by atoms with van der Waals surface area (Å²) in [5, 5.41) is 2.88. The Morgan fingerprint density at radius 3 is 3.04 bits per heavy atom. The second-order valence-electron chi connectivity index (χ2n) is 5.94. The van der Waals surface area contributed by atoms with E-state index in [0.717, 1.165) is 44.5 Å². The molecule has 0 aromatic heterocycles. The van der Waals surface area contributed by atoms with Gasteiger partial charge in [-0.05, 0) is 43.4 Å². The second kappa shape index (κ2) is 7.75. The molecule has 6 heteroatoms. The zero-order valence-electron chi connectivity index (χ0n) is 13.2. The van der Waals surface area contributed by atoms with Crippen molar-refractivity contribution in [3.05, 3.63) is 29.6 Å². The van der Waals surface area contributed by atoms with Crippen LogP contribution in [0.3, 0.4) is 0 Å². The normalized spacial score (nSPS) is 18.0. The number of urea groups is 1. The molecule has 2 heterocycles. The molecule has 0 atom stereocenters. The highest BCUT2D eigenvalue weighted by Crippen LogP contribution is 2.28. The number of carbonyl (C=O) groups excluding carboxylic acids is 1. The number of nitrogens with zero attached hydrogens (tertiary/aromatic N) is 1. The van der Waals surface area contributed by atoms with Crippen LogP contribution in [-0.2, 0) is 15.9 Å². The van der Waals surface area contributed by atoms with E-state index in [1.807, 2.05) is 0 Å². The Balaban J connectivity index is 1.38. The first-order valence-corrected chi connectivity index (χ1v) is 8.27. The Hall–Kier alpha value is -1.66. The molecule has 1 fully saturated rings. The summed E-state index contributed by atoms with van der Waals surface area (Å²) in [4.78, 5) is 13.8. The van der Waals surface area contributed by atoms with Gasteiger partial charge in [0, 0.05) is 32.9 Å². The van der Waals surface area contributed by atoms with Crippen LogP contribution in [0.15, 0.2) is 18.2 Å². The highest BCUT2D eigenvalue weighted by atomic mass is 19.1. The third-order valence-electron chi connectivity index (χ3n) is 4.31. The van der Waals surface area contributed by atoms with Gasteiger partial charge in [0.1, 0.15) is 5.82 Å². The van der Waals surface area contributed by atoms with Crippen LogP contribution in [0.1, 0.15) is 24.8 Å². The number of halogens is 1. The number of anilines is 1. The molecule has 1 aromatic carbocycles. The predicted octanol–water partition coefficient (Wildman–Crippen LogP) is 2.48. The molecule has 3 rings (SSSR count). The van der Waals surface area contributed by atoms with Crippen LogP contribution in [0, 0.1) is 5.82 Å². The average Bonchev–Trinajstić information content (AvgIpc) is 2.98. The van der Waals surface area contributed by atoms with Gasteiger partial charge in [-0.3, -0.25) is 4.90 Å². The van der Waals surface area contributed by atoms with Gasteiger partial charge in [0.05, 0.1) is 11.8 Å². The molecule has 2 aliphatic heterocycles. The van der Waals surface area contributed by atoms with E-state index in [2.05, 4.69) is 5.32 Å². The van der Waals surface area contributed by atoms with E-state index in [4.69, 9.17) is 9.47 Å². The van der Waals surface area contributed by atoms with Crippen molar-refractivity contribution in [1.29, 1.82) is 0 Å². The topological polar surface area (TPSA) is 50.8 Å². The smallest absolute Gasteiger partial charge is 0.321 e. The van der Waals surface area contributed by atoms with Crippen molar-refractivity contribution in [2.45, 2.75) is 31.8 Å². The lowest BCUT2D eigenvalue weighted by Crippen LogP contribution is -2.39. The van der Waals surface area contributed by atoms with E-state index in [1.54, 1.807) is 11.0 Å². The summed E-state index contributed by atoms with van der Waals surface area (Å²) in [5.41, 5.74) is 1.70. The van der Waals surface area contributed by atoms with Crippen LogP contribution in [0.5, 0.6) is 0 Å². The SMILES string of the molecule is O=C(NCCCOC1CCOCC1)N1CCc2ccc(F)cc21. The molecule has 1 N–H and O–H groups in total. The molecule has 0 spiro atoms. The molecule has 126 valence electrons. The lowest BCUT2D eigenvalue weighted by molar-refractivity contribution is -0.0320. The lowest BCUT2D eigenvalue weighted by Gasteiger charge is -2.22. The number of nitrogens with one attached hydrogen (secondary N) is 1. The van der Waals surface area contributed by atoms with Crippen molar-refractivity contribution in [3.8, 4) is 0 Å². The van der Waals surface area contributed by atoms with E-state index in [9.17, 15) is 9.18 Å². The van der Waals surface area contributed by atoms with Gasteiger partial charge < -0.3 is 14.8 Å². The number of carbonyl (C=O) groups is 1. The van der Waals surface area contributed by atoms with Gasteiger partial charge in [-0.15, -0.1) is 0 Å². The van der Waals surface area contributed by atoms with E-state index < -0.39 is 0 Å². The maximum absolute atomic E-state index is 13.3. The third-order valence-corrected chi connectivity index (χ3v) is 4.31. The molecule has 0 unspecified atom stereocenters. The van der Waals surface area contributed by atoms with Crippen molar-refractivity contribution in [3.63, 3.8) is 0 Å². The van der Waals surface area contributed by atoms with Crippen molar-refractivity contribution >= 4 is 11.7 Å². The maximum Gasteiger partial charge on any atom is 0.321 e. The Kier molecular flexibility index (Phi) is 5.46. The van der Waals surface area contributed by atoms with Gasteiger partial charge in [-0.25, -0.2) is 9.18 Å². The quantitative estimate of drug-likeness (QED) is 0.847. The largest absolute Gasteiger partial charge is 0.381 e. The fourth-order valence-electron chi connectivity index (χ4n) is 3.02. The third kappa shape index (κ3) is 4.20. The average molecular weight is 322 g/mol. The predicted molar refractivity (Wildman–Crippen MR) is 85.3 cm³/mol. The molecular weight excluding hydrogens is 299 g/mol. The minimum Gasteiger partial charge on any atom is -0.381 e. The number of benzene rings is 1. The van der Waals surface area contributed by atoms with Gasteiger partial charge in [0.15, 0.2) is 0 Å². The first kappa shape index (κ1) is 16.2. The molecule has 0 radical (unpaired) electrons. The molecule has 23 heavy (non-hydrogen) atoms. The first-order valence-electron chi connectivity index (χ1n) is 8.27. The van der Waals surface area contributed by atoms with E-state index >= 15 is 0 Å². The molecular formula is C17H23FN2O3. The van der Waals surface area contributed by atoms with Crippen molar-refractivity contribution in [1.82, 2.24) is 5.32 Å². The van der Waals surface area contributed by atoms with Gasteiger partial charge in [0.2, 0.25) is 0 Å². The van der Waals surface area contributed by atoms with Gasteiger partial charge in [-0.2, -0.15) is 0 Å². The maximum atomic E-state index is 13.3. The molecule has 2 aliphatic rings. The van der Waals surface area contributed by atoms with Gasteiger partial charge in [-0.1, -0.05) is 6.07 Å². The summed E-state index contributed by atoms with van der Waals surface area (Å²) in [6.45, 7) is 3.33. The van der Waals surface area contributed by atoms with Gasteiger partial charge in [0.25, 0.3) is 0 Å². The summed E-state index contributed by atoms with van der Waals surface area (Å²) in [6, 6.07) is 4.45. The fourth-order valence-corrected chi connectivity index (χ4v) is 3.02. The van der Waals surface area contributed by atoms with Gasteiger partial charge >= 0.3 is 6.03 Å². The Bertz CT molecular complexity index is 547. The summed E-state index contributed by atoms with van der Waals surface area (Å²) in [5.74, 6) is -0.312. The zero-order chi connectivity index (χ0) is 16.1. The number of hydrogen-bond acceptors (Lipinski definition) is 3. The van der Waals surface area contributed by atoms with Crippen LogP contribution < -0.4 is 10.2 Å². The monoisotopic (exact) mass is 322 g/mol. The number of hydrogen-bond donors (Lipinski definition) is 1. The molecule has 0 aliphatic carbocycles. The molecule has 2 amide bonds. The summed E-state index contributed by atoms with van der Waals surface area (Å²) >= 11 is 0. The minimum atomic E-state index is -0.312. The molecule has 0 saturated carbocycles. The Labute approximate surface area is 135 Å². The molecule has 1 saturated heterocycles. The summed E-state index contributed by atoms with van der Waals surface area (Å²) < 4.78 is 24.4. The highest BCUT2D eigenvalue weighted by molar-refractivity contribution is 5.94. The zero-order valence-corrected chi connectivity index (χ0v) is 13.2. The van der Waals surface area contributed by atoms with Crippen molar-refractivity contribution < 1.29 is 18.7 Å². The van der Waals surface area contributed by atoms with Crippen LogP contribution in [0.2, 0.25) is 0 Å². The number of fused-ring (bicyclic) bond motifs is 1. The summed E-state index contributed by atoms with van der Waals surface area (Å²) in [7, 11) is 0. The lowest BCUT2D eigenvalue weighted by atomic mass is 10.1. The molecule has 0 bridgehead atoms. The first-order chi connectivity index (χ1) is 11.2. The van der Waals surface area contributed by atoms with Crippen molar-refractivity contribution in [2.75, 3.05) is 37.8 Å². The van der Waals surface area contributed by atoms with E-state index in [0.29, 0.717) is 25.4 Å². The number of amides is 2. The van der Waals surface area contributed by atoms with E-state index in [1.165, 1.54) is 12.1 Å². The van der Waals surface area contributed by atoms with Crippen LogP contribution in [-0.4, -0.2) is 45.0 Å². The minimum absolute atomic E-state index is 0.166. The summed E-state index contributed by atoms with van der Waals surface area (Å²) in [6.07, 6.45) is 3.72. The second-order valence-corrected chi connectivity index (χ2v) is 5.94. The molecule has 5 nitrogen and oxygen atoms in total. The van der Waals surface area contributed by atoms with Crippen molar-refractivity contribution in [2.24, 2.45) is 0 Å². The van der Waals surface area contributed by atoms with Crippen LogP contribution >= 0.6 is 0 Å². The fraction of sp³-hybridized carbons (Fsp3) is 0.588. The standard InChI is InChI=1S/C17H23FN2O3/c18-14-3-2-13-4-8-20(16(13)12-14)17(21)19-7-1-9-23-15-5-10-22-11-6-15/h2-3,12,15H,1,4-11H2,(H,19,21). The Morgan fingerprint density at radius 1 is 1.39 bits per heavy atom. The van der Waals surface area contributed by atoms with E-state index in [-0.39, 0.29) is 18.0 Å². The molecule has 1 aromatic rings. The highest BCUT2D eigenvalue weighted by Gasteiger charge is 2.24. The van der Waals surface area contributed by atoms with Crippen LogP contribution in [0.25, 0.3) is 0 Å². The number of ether oxygens (including phenoxy) is 2. The Morgan fingerprint density at radius 2 is 2.22 bits per heavy atom.